The molecule has 0 saturated heterocycles. The summed E-state index contributed by atoms with van der Waals surface area (Å²) in [7, 11) is 0. The number of benzene rings is 2. The molecule has 2 aromatic carbocycles. The Kier molecular flexibility index (Phi) is 4.11. The van der Waals surface area contributed by atoms with Gasteiger partial charge in [-0.25, -0.2) is 0 Å². The number of hydrogen-bond donors (Lipinski definition) is 0. The molecule has 0 unspecified atom stereocenters. The van der Waals surface area contributed by atoms with Crippen LogP contribution in [0.2, 0.25) is 10.0 Å². The quantitative estimate of drug-likeness (QED) is 0.741. The van der Waals surface area contributed by atoms with Crippen LogP contribution >= 0.6 is 35.0 Å². The average Bonchev–Trinajstić information content (AvgIpc) is 2.34. The van der Waals surface area contributed by atoms with Gasteiger partial charge in [0.05, 0.1) is 5.02 Å². The van der Waals surface area contributed by atoms with Crippen molar-refractivity contribution in [2.45, 2.75) is 9.79 Å². The number of carbonyl (C=O) groups excluding carboxylic acids is 1. The molecule has 0 aliphatic heterocycles. The Bertz CT molecular complexity index is 555. The van der Waals surface area contributed by atoms with Gasteiger partial charge in [-0.2, -0.15) is 0 Å². The molecular weight excluding hydrogens is 275 g/mol. The van der Waals surface area contributed by atoms with E-state index in [2.05, 4.69) is 0 Å². The van der Waals surface area contributed by atoms with Crippen molar-refractivity contribution in [3.05, 3.63) is 58.1 Å². The largest absolute Gasteiger partial charge is 0.298 e. The van der Waals surface area contributed by atoms with Crippen LogP contribution in [0.5, 0.6) is 0 Å². The monoisotopic (exact) mass is 282 g/mol. The van der Waals surface area contributed by atoms with Crippen LogP contribution in [0.4, 0.5) is 0 Å². The van der Waals surface area contributed by atoms with Crippen LogP contribution < -0.4 is 0 Å². The highest BCUT2D eigenvalue weighted by atomic mass is 35.5. The molecule has 0 aromatic heterocycles. The van der Waals surface area contributed by atoms with Gasteiger partial charge in [-0.15, -0.1) is 0 Å². The summed E-state index contributed by atoms with van der Waals surface area (Å²) in [5.74, 6) is 0. The lowest BCUT2D eigenvalue weighted by Crippen LogP contribution is -1.85. The fourth-order valence-electron chi connectivity index (χ4n) is 1.35. The first kappa shape index (κ1) is 12.5. The molecule has 0 aliphatic rings. The van der Waals surface area contributed by atoms with Gasteiger partial charge >= 0.3 is 0 Å². The van der Waals surface area contributed by atoms with E-state index in [1.165, 1.54) is 11.8 Å². The summed E-state index contributed by atoms with van der Waals surface area (Å²) in [5, 5.41) is 1.22. The van der Waals surface area contributed by atoms with Crippen LogP contribution in [0.25, 0.3) is 0 Å². The molecule has 0 aliphatic carbocycles. The first-order valence-electron chi connectivity index (χ1n) is 4.88. The zero-order valence-electron chi connectivity index (χ0n) is 8.69. The van der Waals surface area contributed by atoms with E-state index < -0.39 is 0 Å². The van der Waals surface area contributed by atoms with Crippen LogP contribution in [0, 0.1) is 0 Å². The fourth-order valence-corrected chi connectivity index (χ4v) is 2.69. The number of hydrogen-bond acceptors (Lipinski definition) is 2. The summed E-state index contributed by atoms with van der Waals surface area (Å²) in [6.45, 7) is 0. The molecule has 0 bridgehead atoms. The van der Waals surface area contributed by atoms with Crippen molar-refractivity contribution < 1.29 is 4.79 Å². The van der Waals surface area contributed by atoms with Crippen molar-refractivity contribution >= 4 is 41.2 Å². The lowest BCUT2D eigenvalue weighted by atomic mass is 10.2. The zero-order chi connectivity index (χ0) is 12.3. The van der Waals surface area contributed by atoms with Crippen LogP contribution in [0.1, 0.15) is 10.4 Å². The maximum atomic E-state index is 10.9. The predicted molar refractivity (Wildman–Crippen MR) is 72.4 cm³/mol. The molecule has 0 fully saturated rings. The van der Waals surface area contributed by atoms with Gasteiger partial charge in [0.2, 0.25) is 0 Å². The van der Waals surface area contributed by atoms with Crippen LogP contribution in [-0.4, -0.2) is 6.29 Å². The summed E-state index contributed by atoms with van der Waals surface area (Å²) in [6, 6.07) is 12.7. The third-order valence-corrected chi connectivity index (χ3v) is 4.00. The Hall–Kier alpha value is -0.960. The Balaban J connectivity index is 2.36. The van der Waals surface area contributed by atoms with E-state index in [9.17, 15) is 4.79 Å². The summed E-state index contributed by atoms with van der Waals surface area (Å²) in [6.07, 6.45) is 0.797. The van der Waals surface area contributed by atoms with Gasteiger partial charge in [-0.3, -0.25) is 4.79 Å². The van der Waals surface area contributed by atoms with Gasteiger partial charge in [-0.05, 0) is 30.3 Å². The highest BCUT2D eigenvalue weighted by Gasteiger charge is 2.07. The van der Waals surface area contributed by atoms with E-state index in [1.807, 2.05) is 30.3 Å². The van der Waals surface area contributed by atoms with Crippen molar-refractivity contribution in [2.75, 3.05) is 0 Å². The number of aldehydes is 1. The number of carbonyl (C=O) groups is 1. The van der Waals surface area contributed by atoms with E-state index in [1.54, 1.807) is 12.1 Å². The summed E-state index contributed by atoms with van der Waals surface area (Å²) >= 11 is 13.4. The minimum absolute atomic E-state index is 0.551. The Morgan fingerprint density at radius 2 is 1.76 bits per heavy atom. The second-order valence-electron chi connectivity index (χ2n) is 3.33. The average molecular weight is 283 g/mol. The molecule has 0 amide bonds. The highest BCUT2D eigenvalue weighted by Crippen LogP contribution is 2.35. The Morgan fingerprint density at radius 3 is 2.47 bits per heavy atom. The molecule has 0 spiro atoms. The van der Waals surface area contributed by atoms with Crippen molar-refractivity contribution in [1.82, 2.24) is 0 Å². The second kappa shape index (κ2) is 5.58. The molecular formula is C13H8Cl2OS. The molecule has 4 heteroatoms. The maximum Gasteiger partial charge on any atom is 0.151 e. The Morgan fingerprint density at radius 1 is 1.00 bits per heavy atom. The second-order valence-corrected chi connectivity index (χ2v) is 5.26. The first-order chi connectivity index (χ1) is 8.20. The normalized spacial score (nSPS) is 10.2. The van der Waals surface area contributed by atoms with E-state index in [-0.39, 0.29) is 0 Å². The zero-order valence-corrected chi connectivity index (χ0v) is 11.0. The minimum Gasteiger partial charge on any atom is -0.298 e. The van der Waals surface area contributed by atoms with Crippen molar-refractivity contribution in [1.29, 1.82) is 0 Å². The van der Waals surface area contributed by atoms with Crippen molar-refractivity contribution in [3.8, 4) is 0 Å². The standard InChI is InChI=1S/C13H8Cl2OS/c14-10-5-6-12(9(7-10)8-16)17-13-4-2-1-3-11(13)15/h1-8H. The summed E-state index contributed by atoms with van der Waals surface area (Å²) < 4.78 is 0. The fraction of sp³-hybridized carbons (Fsp3) is 0. The van der Waals surface area contributed by atoms with Crippen LogP contribution in [0.15, 0.2) is 52.3 Å². The van der Waals surface area contributed by atoms with E-state index in [0.29, 0.717) is 15.6 Å². The number of rotatable bonds is 3. The molecule has 0 radical (unpaired) electrons. The smallest absolute Gasteiger partial charge is 0.151 e. The highest BCUT2D eigenvalue weighted by molar-refractivity contribution is 7.99. The third-order valence-electron chi connectivity index (χ3n) is 2.16. The molecule has 0 atom stereocenters. The molecule has 0 N–H and O–H groups in total. The van der Waals surface area contributed by atoms with E-state index in [0.717, 1.165) is 16.1 Å². The van der Waals surface area contributed by atoms with Gasteiger partial charge < -0.3 is 0 Å². The maximum absolute atomic E-state index is 10.9. The van der Waals surface area contributed by atoms with E-state index >= 15 is 0 Å². The Labute approximate surface area is 114 Å². The summed E-state index contributed by atoms with van der Waals surface area (Å²) in [5.41, 5.74) is 0.572. The summed E-state index contributed by atoms with van der Waals surface area (Å²) in [4.78, 5) is 12.7. The molecule has 86 valence electrons. The SMILES string of the molecule is O=Cc1cc(Cl)ccc1Sc1ccccc1Cl. The lowest BCUT2D eigenvalue weighted by Gasteiger charge is -2.06. The molecule has 0 heterocycles. The third kappa shape index (κ3) is 3.03. The first-order valence-corrected chi connectivity index (χ1v) is 6.45. The van der Waals surface area contributed by atoms with Crippen molar-refractivity contribution in [2.24, 2.45) is 0 Å². The van der Waals surface area contributed by atoms with Gasteiger partial charge in [-0.1, -0.05) is 47.1 Å². The molecule has 0 saturated carbocycles. The minimum atomic E-state index is 0.551. The molecule has 2 aromatic rings. The topological polar surface area (TPSA) is 17.1 Å². The van der Waals surface area contributed by atoms with Crippen LogP contribution in [-0.2, 0) is 0 Å². The molecule has 2 rings (SSSR count). The molecule has 1 nitrogen and oxygen atoms in total. The van der Waals surface area contributed by atoms with Gasteiger partial charge in [0, 0.05) is 20.4 Å². The van der Waals surface area contributed by atoms with E-state index in [4.69, 9.17) is 23.2 Å². The molecule has 17 heavy (non-hydrogen) atoms. The number of halogens is 2. The predicted octanol–water partition coefficient (Wildman–Crippen LogP) is 4.96. The van der Waals surface area contributed by atoms with Gasteiger partial charge in [0.15, 0.2) is 6.29 Å². The van der Waals surface area contributed by atoms with Gasteiger partial charge in [0.25, 0.3) is 0 Å². The van der Waals surface area contributed by atoms with Crippen LogP contribution in [0.3, 0.4) is 0 Å². The van der Waals surface area contributed by atoms with Gasteiger partial charge in [0.1, 0.15) is 0 Å². The van der Waals surface area contributed by atoms with Crippen molar-refractivity contribution in [3.63, 3.8) is 0 Å². The lowest BCUT2D eigenvalue weighted by molar-refractivity contribution is 0.112.